The predicted molar refractivity (Wildman–Crippen MR) is 124 cm³/mol. The number of allylic oxidation sites excluding steroid dienone is 2. The number of anilines is 1. The summed E-state index contributed by atoms with van der Waals surface area (Å²) in [5.41, 5.74) is 4.65. The van der Waals surface area contributed by atoms with E-state index in [1.54, 1.807) is 31.7 Å². The summed E-state index contributed by atoms with van der Waals surface area (Å²) in [5.74, 6) is -0.209. The monoisotopic (exact) mass is 406 g/mol. The van der Waals surface area contributed by atoms with Gasteiger partial charge in [-0.1, -0.05) is 25.1 Å². The highest BCUT2D eigenvalue weighted by molar-refractivity contribution is 6.11. The van der Waals surface area contributed by atoms with E-state index in [2.05, 4.69) is 27.1 Å². The van der Waals surface area contributed by atoms with E-state index in [9.17, 15) is 4.79 Å². The van der Waals surface area contributed by atoms with Crippen molar-refractivity contribution in [1.29, 1.82) is 0 Å². The third-order valence-corrected chi connectivity index (χ3v) is 4.65. The minimum absolute atomic E-state index is 0.147. The van der Waals surface area contributed by atoms with Gasteiger partial charge in [-0.3, -0.25) is 19.7 Å². The lowest BCUT2D eigenvalue weighted by Gasteiger charge is -2.19. The minimum atomic E-state index is -0.209. The molecule has 0 saturated carbocycles. The van der Waals surface area contributed by atoms with Gasteiger partial charge in [0.2, 0.25) is 5.91 Å². The van der Waals surface area contributed by atoms with Crippen molar-refractivity contribution >= 4 is 29.5 Å². The summed E-state index contributed by atoms with van der Waals surface area (Å²) in [6.07, 6.45) is 10.5. The molecular weight excluding hydrogens is 376 g/mol. The second-order valence-electron chi connectivity index (χ2n) is 6.71. The quantitative estimate of drug-likeness (QED) is 0.466. The molecule has 158 valence electrons. The lowest BCUT2D eigenvalue weighted by atomic mass is 10.0. The van der Waals surface area contributed by atoms with Crippen LogP contribution in [0.25, 0.3) is 11.6 Å². The van der Waals surface area contributed by atoms with Gasteiger partial charge in [0.1, 0.15) is 0 Å². The average molecular weight is 407 g/mol. The van der Waals surface area contributed by atoms with Gasteiger partial charge in [-0.15, -0.1) is 0 Å². The smallest absolute Gasteiger partial charge is 0.248 e. The maximum atomic E-state index is 12.4. The first-order valence-electron chi connectivity index (χ1n) is 10.0. The molecule has 0 aliphatic carbocycles. The number of pyridine rings is 1. The predicted octanol–water partition coefficient (Wildman–Crippen LogP) is 3.65. The molecular formula is C24H30N4O2. The normalized spacial score (nSPS) is 12.2. The van der Waals surface area contributed by atoms with E-state index in [4.69, 9.17) is 5.11 Å². The molecule has 0 saturated heterocycles. The number of nitrogens with one attached hydrogen (secondary N) is 1. The lowest BCUT2D eigenvalue weighted by molar-refractivity contribution is -0.111. The molecule has 0 unspecified atom stereocenters. The fraction of sp³-hybridized carbons (Fsp3) is 0.292. The molecule has 0 fully saturated rings. The van der Waals surface area contributed by atoms with Gasteiger partial charge in [0.05, 0.1) is 6.61 Å². The van der Waals surface area contributed by atoms with Gasteiger partial charge in [-0.2, -0.15) is 0 Å². The second-order valence-corrected chi connectivity index (χ2v) is 6.71. The number of nitrogens with zero attached hydrogens (tertiary/aromatic N) is 3. The molecule has 2 N–H and O–H groups in total. The molecule has 0 aliphatic rings. The van der Waals surface area contributed by atoms with E-state index >= 15 is 0 Å². The zero-order valence-electron chi connectivity index (χ0n) is 17.9. The van der Waals surface area contributed by atoms with Crippen LogP contribution in [0.4, 0.5) is 5.69 Å². The van der Waals surface area contributed by atoms with E-state index in [1.165, 1.54) is 6.08 Å². The third-order valence-electron chi connectivity index (χ3n) is 4.65. The fourth-order valence-electron chi connectivity index (χ4n) is 3.03. The Morgan fingerprint density at radius 1 is 1.27 bits per heavy atom. The first-order valence-corrected chi connectivity index (χ1v) is 10.0. The van der Waals surface area contributed by atoms with E-state index in [-0.39, 0.29) is 12.5 Å². The number of amides is 1. The second kappa shape index (κ2) is 12.5. The number of benzene rings is 1. The van der Waals surface area contributed by atoms with Gasteiger partial charge in [-0.05, 0) is 54.4 Å². The van der Waals surface area contributed by atoms with Crippen LogP contribution < -0.4 is 5.32 Å². The maximum Gasteiger partial charge on any atom is 0.248 e. The third kappa shape index (κ3) is 7.06. The standard InChI is InChI=1S/C24H30N4O2/c1-4-20(16-25-3)23-12-13-26-17-21(23)8-11-24(30)27-22-9-6-19(7-10-22)18-28(5-2)14-15-29/h4,6-13,16-17,29H,5,14-15,18H2,1-3H3,(H,27,30)/b11-8+,20-4+,25-16?. The van der Waals surface area contributed by atoms with Gasteiger partial charge in [0.25, 0.3) is 0 Å². The van der Waals surface area contributed by atoms with E-state index in [0.717, 1.165) is 41.0 Å². The number of aliphatic imine (C=N–C) groups is 1. The maximum absolute atomic E-state index is 12.4. The number of carbonyl (C=O) groups excluding carboxylic acids is 1. The van der Waals surface area contributed by atoms with Gasteiger partial charge in [-0.25, -0.2) is 0 Å². The molecule has 30 heavy (non-hydrogen) atoms. The summed E-state index contributed by atoms with van der Waals surface area (Å²) < 4.78 is 0. The molecule has 2 aromatic rings. The number of aromatic nitrogens is 1. The van der Waals surface area contributed by atoms with E-state index < -0.39 is 0 Å². The Bertz CT molecular complexity index is 902. The molecule has 0 aliphatic heterocycles. The first-order chi connectivity index (χ1) is 14.6. The Balaban J connectivity index is 2.04. The van der Waals surface area contributed by atoms with Crippen molar-refractivity contribution < 1.29 is 9.90 Å². The van der Waals surface area contributed by atoms with Crippen molar-refractivity contribution in [3.63, 3.8) is 0 Å². The zero-order valence-corrected chi connectivity index (χ0v) is 17.9. The largest absolute Gasteiger partial charge is 0.395 e. The molecule has 0 bridgehead atoms. The number of hydrogen-bond donors (Lipinski definition) is 2. The van der Waals surface area contributed by atoms with Crippen LogP contribution in [0.5, 0.6) is 0 Å². The molecule has 1 aromatic carbocycles. The Morgan fingerprint density at radius 2 is 2.03 bits per heavy atom. The van der Waals surface area contributed by atoms with Crippen molar-refractivity contribution in [2.24, 2.45) is 4.99 Å². The van der Waals surface area contributed by atoms with Crippen LogP contribution >= 0.6 is 0 Å². The Hall–Kier alpha value is -3.09. The van der Waals surface area contributed by atoms with Crippen molar-refractivity contribution in [3.05, 3.63) is 71.6 Å². The molecule has 6 nitrogen and oxygen atoms in total. The van der Waals surface area contributed by atoms with Crippen molar-refractivity contribution in [3.8, 4) is 0 Å². The molecule has 0 atom stereocenters. The molecule has 0 radical (unpaired) electrons. The summed E-state index contributed by atoms with van der Waals surface area (Å²) >= 11 is 0. The van der Waals surface area contributed by atoms with Crippen LogP contribution in [-0.2, 0) is 11.3 Å². The van der Waals surface area contributed by atoms with Crippen LogP contribution in [0, 0.1) is 0 Å². The number of aliphatic hydroxyl groups excluding tert-OH is 1. The van der Waals surface area contributed by atoms with Gasteiger partial charge >= 0.3 is 0 Å². The van der Waals surface area contributed by atoms with Crippen LogP contribution in [0.3, 0.4) is 0 Å². The number of hydrogen-bond acceptors (Lipinski definition) is 5. The van der Waals surface area contributed by atoms with Crippen LogP contribution in [-0.4, -0.2) is 53.9 Å². The van der Waals surface area contributed by atoms with Crippen LogP contribution in [0.15, 0.2) is 59.9 Å². The Kier molecular flexibility index (Phi) is 9.64. The number of carbonyl (C=O) groups is 1. The van der Waals surface area contributed by atoms with Gasteiger partial charge in [0, 0.05) is 56.1 Å². The number of rotatable bonds is 10. The summed E-state index contributed by atoms with van der Waals surface area (Å²) in [6.45, 7) is 6.45. The molecule has 0 spiro atoms. The summed E-state index contributed by atoms with van der Waals surface area (Å²) in [5, 5.41) is 12.0. The first kappa shape index (κ1) is 23.2. The van der Waals surface area contributed by atoms with Gasteiger partial charge in [0.15, 0.2) is 0 Å². The summed E-state index contributed by atoms with van der Waals surface area (Å²) in [7, 11) is 1.73. The van der Waals surface area contributed by atoms with Crippen molar-refractivity contribution in [2.75, 3.05) is 32.1 Å². The molecule has 1 amide bonds. The molecule has 6 heteroatoms. The topological polar surface area (TPSA) is 77.8 Å². The minimum Gasteiger partial charge on any atom is -0.395 e. The van der Waals surface area contributed by atoms with Crippen molar-refractivity contribution in [1.82, 2.24) is 9.88 Å². The van der Waals surface area contributed by atoms with Crippen LogP contribution in [0.1, 0.15) is 30.5 Å². The highest BCUT2D eigenvalue weighted by Crippen LogP contribution is 2.18. The zero-order chi connectivity index (χ0) is 21.8. The molecule has 1 heterocycles. The molecule has 1 aromatic heterocycles. The average Bonchev–Trinajstić information content (AvgIpc) is 2.77. The number of likely N-dealkylation sites (N-methyl/N-ethyl adjacent to an activating group) is 1. The molecule has 2 rings (SSSR count). The Labute approximate surface area is 178 Å². The Morgan fingerprint density at radius 3 is 2.67 bits per heavy atom. The van der Waals surface area contributed by atoms with E-state index in [1.807, 2.05) is 43.3 Å². The van der Waals surface area contributed by atoms with Gasteiger partial charge < -0.3 is 10.4 Å². The highest BCUT2D eigenvalue weighted by Gasteiger charge is 2.06. The fourth-order valence-corrected chi connectivity index (χ4v) is 3.03. The SMILES string of the molecule is C/C=C(\C=NC)c1ccncc1/C=C/C(=O)Nc1ccc(CN(CC)CCO)cc1. The van der Waals surface area contributed by atoms with Crippen LogP contribution in [0.2, 0.25) is 0 Å². The highest BCUT2D eigenvalue weighted by atomic mass is 16.3. The summed E-state index contributed by atoms with van der Waals surface area (Å²) in [4.78, 5) is 22.8. The van der Waals surface area contributed by atoms with Crippen molar-refractivity contribution in [2.45, 2.75) is 20.4 Å². The summed E-state index contributed by atoms with van der Waals surface area (Å²) in [6, 6.07) is 9.66. The van der Waals surface area contributed by atoms with E-state index in [0.29, 0.717) is 6.54 Å². The lowest BCUT2D eigenvalue weighted by Crippen LogP contribution is -2.26. The number of aliphatic hydroxyl groups is 1.